The Hall–Kier alpha value is -1.26. The number of likely N-dealkylation sites (N-methyl/N-ethyl adjacent to an activating group) is 1. The third kappa shape index (κ3) is 3.85. The molecule has 1 aliphatic rings. The molecule has 1 fully saturated rings. The fraction of sp³-hybridized carbons (Fsp3) is 0.500. The maximum absolute atomic E-state index is 12.1. The highest BCUT2D eigenvalue weighted by Crippen LogP contribution is 2.24. The van der Waals surface area contributed by atoms with Crippen LogP contribution in [0, 0.1) is 0 Å². The lowest BCUT2D eigenvalue weighted by Crippen LogP contribution is -2.34. The normalized spacial score (nSPS) is 14.5. The van der Waals surface area contributed by atoms with Gasteiger partial charge in [0.05, 0.1) is 5.56 Å². The quantitative estimate of drug-likeness (QED) is 0.840. The van der Waals surface area contributed by atoms with Gasteiger partial charge in [0.15, 0.2) is 0 Å². The van der Waals surface area contributed by atoms with Gasteiger partial charge >= 0.3 is 0 Å². The highest BCUT2D eigenvalue weighted by molar-refractivity contribution is 6.31. The molecule has 1 aromatic carbocycles. The van der Waals surface area contributed by atoms with Crippen LogP contribution in [-0.4, -0.2) is 44.0 Å². The summed E-state index contributed by atoms with van der Waals surface area (Å²) in [6.45, 7) is 1.54. The summed E-state index contributed by atoms with van der Waals surface area (Å²) >= 11 is 5.94. The van der Waals surface area contributed by atoms with E-state index >= 15 is 0 Å². The van der Waals surface area contributed by atoms with Crippen LogP contribution in [0.2, 0.25) is 5.02 Å². The van der Waals surface area contributed by atoms with Gasteiger partial charge in [-0.1, -0.05) is 11.6 Å². The van der Waals surface area contributed by atoms with Crippen molar-refractivity contribution in [2.24, 2.45) is 0 Å². The largest absolute Gasteiger partial charge is 0.387 e. The van der Waals surface area contributed by atoms with Crippen LogP contribution in [0.25, 0.3) is 0 Å². The van der Waals surface area contributed by atoms with Gasteiger partial charge in [-0.05, 0) is 38.1 Å². The molecule has 0 spiro atoms. The van der Waals surface area contributed by atoms with Crippen LogP contribution in [0.4, 0.5) is 5.69 Å². The van der Waals surface area contributed by atoms with Crippen LogP contribution in [0.3, 0.4) is 0 Å². The van der Waals surface area contributed by atoms with Crippen LogP contribution in [-0.2, 0) is 0 Å². The highest BCUT2D eigenvalue weighted by Gasteiger charge is 2.25. The van der Waals surface area contributed by atoms with Crippen molar-refractivity contribution in [2.75, 3.05) is 32.5 Å². The molecule has 2 N–H and O–H groups in total. The van der Waals surface area contributed by atoms with E-state index < -0.39 is 0 Å². The summed E-state index contributed by atoms with van der Waals surface area (Å²) in [6, 6.07) is 5.99. The molecule has 1 amide bonds. The van der Waals surface area contributed by atoms with Crippen molar-refractivity contribution >= 4 is 23.2 Å². The highest BCUT2D eigenvalue weighted by atomic mass is 35.5. The maximum Gasteiger partial charge on any atom is 0.253 e. The van der Waals surface area contributed by atoms with E-state index in [0.29, 0.717) is 17.1 Å². The predicted octanol–water partition coefficient (Wildman–Crippen LogP) is 2.21. The van der Waals surface area contributed by atoms with Crippen LogP contribution in [0.1, 0.15) is 23.2 Å². The second-order valence-electron chi connectivity index (χ2n) is 4.91. The Morgan fingerprint density at radius 1 is 1.47 bits per heavy atom. The van der Waals surface area contributed by atoms with Crippen molar-refractivity contribution in [3.8, 4) is 0 Å². The fourth-order valence-electron chi connectivity index (χ4n) is 2.06. The zero-order valence-electron chi connectivity index (χ0n) is 11.4. The van der Waals surface area contributed by atoms with E-state index in [2.05, 4.69) is 22.6 Å². The molecule has 0 bridgehead atoms. The lowest BCUT2D eigenvalue weighted by Gasteiger charge is -2.16. The Morgan fingerprint density at radius 3 is 2.84 bits per heavy atom. The standard InChI is InChI=1S/C14H20ClN3O/c1-16-13-6-3-10(15)9-12(13)14(19)17-7-8-18(2)11-4-5-11/h3,6,9,11,16H,4-5,7-8H2,1-2H3,(H,17,19). The zero-order valence-corrected chi connectivity index (χ0v) is 12.1. The molecule has 104 valence electrons. The van der Waals surface area contributed by atoms with Crippen molar-refractivity contribution < 1.29 is 4.79 Å². The van der Waals surface area contributed by atoms with E-state index in [1.807, 2.05) is 6.07 Å². The van der Waals surface area contributed by atoms with Gasteiger partial charge in [-0.25, -0.2) is 0 Å². The summed E-state index contributed by atoms with van der Waals surface area (Å²) in [4.78, 5) is 14.4. The molecule has 0 saturated heterocycles. The number of hydrogen-bond donors (Lipinski definition) is 2. The summed E-state index contributed by atoms with van der Waals surface area (Å²) in [7, 11) is 3.89. The Bertz CT molecular complexity index is 460. The maximum atomic E-state index is 12.1. The van der Waals surface area contributed by atoms with Gasteiger partial charge in [0.2, 0.25) is 0 Å². The molecule has 0 aromatic heterocycles. The molecular weight excluding hydrogens is 262 g/mol. The third-order valence-electron chi connectivity index (χ3n) is 3.42. The van der Waals surface area contributed by atoms with Crippen molar-refractivity contribution in [3.05, 3.63) is 28.8 Å². The van der Waals surface area contributed by atoms with Gasteiger partial charge in [0.25, 0.3) is 5.91 Å². The van der Waals surface area contributed by atoms with E-state index in [4.69, 9.17) is 11.6 Å². The van der Waals surface area contributed by atoms with Crippen molar-refractivity contribution in [2.45, 2.75) is 18.9 Å². The van der Waals surface area contributed by atoms with Crippen LogP contribution >= 0.6 is 11.6 Å². The Kier molecular flexibility index (Phi) is 4.66. The lowest BCUT2D eigenvalue weighted by molar-refractivity contribution is 0.0950. The monoisotopic (exact) mass is 281 g/mol. The van der Waals surface area contributed by atoms with Gasteiger partial charge in [-0.3, -0.25) is 4.79 Å². The van der Waals surface area contributed by atoms with Crippen molar-refractivity contribution in [1.82, 2.24) is 10.2 Å². The number of nitrogens with zero attached hydrogens (tertiary/aromatic N) is 1. The third-order valence-corrected chi connectivity index (χ3v) is 3.65. The smallest absolute Gasteiger partial charge is 0.253 e. The van der Waals surface area contributed by atoms with Gasteiger partial charge in [0, 0.05) is 36.9 Å². The van der Waals surface area contributed by atoms with E-state index in [9.17, 15) is 4.79 Å². The van der Waals surface area contributed by atoms with Gasteiger partial charge in [-0.2, -0.15) is 0 Å². The molecule has 2 rings (SSSR count). The number of carbonyl (C=O) groups is 1. The lowest BCUT2D eigenvalue weighted by atomic mass is 10.1. The van der Waals surface area contributed by atoms with Crippen molar-refractivity contribution in [3.63, 3.8) is 0 Å². The number of halogens is 1. The number of hydrogen-bond acceptors (Lipinski definition) is 3. The minimum Gasteiger partial charge on any atom is -0.387 e. The Balaban J connectivity index is 1.89. The average molecular weight is 282 g/mol. The topological polar surface area (TPSA) is 44.4 Å². The molecule has 5 heteroatoms. The molecule has 1 aromatic rings. The first-order chi connectivity index (χ1) is 9.11. The summed E-state index contributed by atoms with van der Waals surface area (Å²) in [5, 5.41) is 6.51. The molecule has 4 nitrogen and oxygen atoms in total. The van der Waals surface area contributed by atoms with Crippen LogP contribution < -0.4 is 10.6 Å². The molecule has 0 unspecified atom stereocenters. The number of benzene rings is 1. The summed E-state index contributed by atoms with van der Waals surface area (Å²) in [5.74, 6) is -0.0870. The number of carbonyl (C=O) groups excluding carboxylic acids is 1. The molecule has 1 saturated carbocycles. The van der Waals surface area contributed by atoms with Crippen LogP contribution in [0.5, 0.6) is 0 Å². The fourth-order valence-corrected chi connectivity index (χ4v) is 2.23. The SMILES string of the molecule is CNc1ccc(Cl)cc1C(=O)NCCN(C)C1CC1. The predicted molar refractivity (Wildman–Crippen MR) is 79.0 cm³/mol. The summed E-state index contributed by atoms with van der Waals surface area (Å²) in [6.07, 6.45) is 2.56. The minimum absolute atomic E-state index is 0.0870. The first-order valence-corrected chi connectivity index (χ1v) is 6.95. The molecule has 0 heterocycles. The molecule has 1 aliphatic carbocycles. The molecule has 0 atom stereocenters. The van der Waals surface area contributed by atoms with E-state index in [-0.39, 0.29) is 5.91 Å². The second kappa shape index (κ2) is 6.26. The first-order valence-electron chi connectivity index (χ1n) is 6.57. The van der Waals surface area contributed by atoms with E-state index in [0.717, 1.165) is 18.3 Å². The van der Waals surface area contributed by atoms with Crippen molar-refractivity contribution in [1.29, 1.82) is 0 Å². The first kappa shape index (κ1) is 14.2. The minimum atomic E-state index is -0.0870. The number of anilines is 1. The van der Waals surface area contributed by atoms with Crippen LogP contribution in [0.15, 0.2) is 18.2 Å². The molecular formula is C14H20ClN3O. The second-order valence-corrected chi connectivity index (χ2v) is 5.34. The average Bonchev–Trinajstić information content (AvgIpc) is 3.22. The van der Waals surface area contributed by atoms with Gasteiger partial charge < -0.3 is 15.5 Å². The molecule has 19 heavy (non-hydrogen) atoms. The zero-order chi connectivity index (χ0) is 13.8. The number of nitrogens with one attached hydrogen (secondary N) is 2. The summed E-state index contributed by atoms with van der Waals surface area (Å²) < 4.78 is 0. The van der Waals surface area contributed by atoms with E-state index in [1.165, 1.54) is 12.8 Å². The number of amides is 1. The molecule has 0 radical (unpaired) electrons. The Morgan fingerprint density at radius 2 is 2.21 bits per heavy atom. The summed E-state index contributed by atoms with van der Waals surface area (Å²) in [5.41, 5.74) is 1.38. The Labute approximate surface area is 119 Å². The van der Waals surface area contributed by atoms with Gasteiger partial charge in [-0.15, -0.1) is 0 Å². The molecule has 0 aliphatic heterocycles. The van der Waals surface area contributed by atoms with Gasteiger partial charge in [0.1, 0.15) is 0 Å². The number of rotatable bonds is 6. The van der Waals surface area contributed by atoms with E-state index in [1.54, 1.807) is 19.2 Å².